The lowest BCUT2D eigenvalue weighted by Gasteiger charge is -2.16. The standard InChI is InChI=1S/C19H23FN2O3/c1-13-5-4-6-17(18(13)20)19(24)21-14-7-9-16(10-8-14)25-12-15(23)11-22(2)3/h4-10,15,23H,11-12H2,1-3H3,(H,21,24). The van der Waals surface area contributed by atoms with Crippen molar-refractivity contribution in [2.24, 2.45) is 0 Å². The van der Waals surface area contributed by atoms with Gasteiger partial charge in [-0.25, -0.2) is 4.39 Å². The quantitative estimate of drug-likeness (QED) is 0.809. The third kappa shape index (κ3) is 5.55. The van der Waals surface area contributed by atoms with E-state index in [9.17, 15) is 14.3 Å². The number of benzene rings is 2. The van der Waals surface area contributed by atoms with E-state index in [0.29, 0.717) is 23.5 Å². The molecule has 0 heterocycles. The topological polar surface area (TPSA) is 61.8 Å². The number of halogens is 1. The highest BCUT2D eigenvalue weighted by molar-refractivity contribution is 6.04. The summed E-state index contributed by atoms with van der Waals surface area (Å²) in [4.78, 5) is 14.0. The maximum absolute atomic E-state index is 14.0. The Labute approximate surface area is 147 Å². The van der Waals surface area contributed by atoms with Crippen molar-refractivity contribution in [2.75, 3.05) is 32.6 Å². The van der Waals surface area contributed by atoms with Crippen molar-refractivity contribution in [3.05, 3.63) is 59.4 Å². The fraction of sp³-hybridized carbons (Fsp3) is 0.316. The van der Waals surface area contributed by atoms with Gasteiger partial charge in [-0.05, 0) is 56.9 Å². The lowest BCUT2D eigenvalue weighted by molar-refractivity contribution is 0.0831. The molecule has 2 rings (SSSR count). The van der Waals surface area contributed by atoms with E-state index in [1.165, 1.54) is 6.07 Å². The first-order valence-corrected chi connectivity index (χ1v) is 7.99. The summed E-state index contributed by atoms with van der Waals surface area (Å²) < 4.78 is 19.5. The molecule has 2 aromatic carbocycles. The molecule has 0 spiro atoms. The molecular formula is C19H23FN2O3. The lowest BCUT2D eigenvalue weighted by atomic mass is 10.1. The molecular weight excluding hydrogens is 323 g/mol. The van der Waals surface area contributed by atoms with Crippen LogP contribution in [0.3, 0.4) is 0 Å². The fourth-order valence-corrected chi connectivity index (χ4v) is 2.32. The highest BCUT2D eigenvalue weighted by atomic mass is 19.1. The highest BCUT2D eigenvalue weighted by Gasteiger charge is 2.13. The van der Waals surface area contributed by atoms with Gasteiger partial charge in [-0.2, -0.15) is 0 Å². The molecule has 0 fully saturated rings. The van der Waals surface area contributed by atoms with E-state index in [0.717, 1.165) is 0 Å². The van der Waals surface area contributed by atoms with Crippen molar-refractivity contribution in [1.29, 1.82) is 0 Å². The minimum absolute atomic E-state index is 0.00661. The summed E-state index contributed by atoms with van der Waals surface area (Å²) in [6, 6.07) is 11.4. The van der Waals surface area contributed by atoms with Crippen molar-refractivity contribution in [1.82, 2.24) is 4.90 Å². The van der Waals surface area contributed by atoms with Crippen molar-refractivity contribution in [3.63, 3.8) is 0 Å². The number of hydrogen-bond donors (Lipinski definition) is 2. The first-order valence-electron chi connectivity index (χ1n) is 7.99. The second-order valence-electron chi connectivity index (χ2n) is 6.14. The van der Waals surface area contributed by atoms with Crippen LogP contribution >= 0.6 is 0 Å². The Morgan fingerprint density at radius 3 is 2.56 bits per heavy atom. The number of aliphatic hydroxyl groups excluding tert-OH is 1. The average Bonchev–Trinajstić information content (AvgIpc) is 2.56. The van der Waals surface area contributed by atoms with E-state index in [1.807, 2.05) is 19.0 Å². The average molecular weight is 346 g/mol. The van der Waals surface area contributed by atoms with E-state index in [-0.39, 0.29) is 12.2 Å². The zero-order valence-corrected chi connectivity index (χ0v) is 14.6. The van der Waals surface area contributed by atoms with Crippen LogP contribution in [0.25, 0.3) is 0 Å². The minimum atomic E-state index is -0.585. The number of nitrogens with one attached hydrogen (secondary N) is 1. The number of likely N-dealkylation sites (N-methyl/N-ethyl adjacent to an activating group) is 1. The summed E-state index contributed by atoms with van der Waals surface area (Å²) in [6.07, 6.45) is -0.585. The van der Waals surface area contributed by atoms with Gasteiger partial charge in [-0.15, -0.1) is 0 Å². The number of amides is 1. The molecule has 0 bridgehead atoms. The van der Waals surface area contributed by atoms with Crippen LogP contribution in [-0.2, 0) is 0 Å². The predicted molar refractivity (Wildman–Crippen MR) is 95.6 cm³/mol. The molecule has 6 heteroatoms. The van der Waals surface area contributed by atoms with Gasteiger partial charge >= 0.3 is 0 Å². The van der Waals surface area contributed by atoms with Gasteiger partial charge in [0, 0.05) is 12.2 Å². The van der Waals surface area contributed by atoms with Crippen LogP contribution in [-0.4, -0.2) is 49.3 Å². The number of aryl methyl sites for hydroxylation is 1. The zero-order valence-electron chi connectivity index (χ0n) is 14.6. The Hall–Kier alpha value is -2.44. The van der Waals surface area contributed by atoms with Crippen LogP contribution < -0.4 is 10.1 Å². The van der Waals surface area contributed by atoms with Gasteiger partial charge in [0.1, 0.15) is 24.3 Å². The number of hydrogen-bond acceptors (Lipinski definition) is 4. The summed E-state index contributed by atoms with van der Waals surface area (Å²) in [5.41, 5.74) is 0.965. The van der Waals surface area contributed by atoms with E-state index < -0.39 is 17.8 Å². The van der Waals surface area contributed by atoms with E-state index in [4.69, 9.17) is 4.74 Å². The number of carbonyl (C=O) groups is 1. The number of aliphatic hydroxyl groups is 1. The molecule has 2 aromatic rings. The van der Waals surface area contributed by atoms with Crippen molar-refractivity contribution < 1.29 is 19.0 Å². The molecule has 5 nitrogen and oxygen atoms in total. The molecule has 0 aromatic heterocycles. The second-order valence-corrected chi connectivity index (χ2v) is 6.14. The molecule has 0 saturated carbocycles. The summed E-state index contributed by atoms with van der Waals surface area (Å²) in [7, 11) is 3.75. The van der Waals surface area contributed by atoms with Gasteiger partial charge in [-0.1, -0.05) is 12.1 Å². The molecule has 2 N–H and O–H groups in total. The Balaban J connectivity index is 1.94. The molecule has 0 aliphatic heterocycles. The van der Waals surface area contributed by atoms with Crippen LogP contribution in [0.15, 0.2) is 42.5 Å². The Kier molecular flexibility index (Phi) is 6.50. The fourth-order valence-electron chi connectivity index (χ4n) is 2.32. The molecule has 1 atom stereocenters. The van der Waals surface area contributed by atoms with Crippen LogP contribution in [0, 0.1) is 12.7 Å². The molecule has 134 valence electrons. The van der Waals surface area contributed by atoms with Crippen molar-refractivity contribution in [3.8, 4) is 5.75 Å². The normalized spacial score (nSPS) is 12.1. The third-order valence-electron chi connectivity index (χ3n) is 3.57. The lowest BCUT2D eigenvalue weighted by Crippen LogP contribution is -2.30. The zero-order chi connectivity index (χ0) is 18.4. The SMILES string of the molecule is Cc1cccc(C(=O)Nc2ccc(OCC(O)CN(C)C)cc2)c1F. The smallest absolute Gasteiger partial charge is 0.258 e. The van der Waals surface area contributed by atoms with Crippen LogP contribution in [0.5, 0.6) is 5.75 Å². The maximum Gasteiger partial charge on any atom is 0.258 e. The summed E-state index contributed by atoms with van der Waals surface area (Å²) in [5, 5.41) is 12.4. The van der Waals surface area contributed by atoms with Gasteiger partial charge < -0.3 is 20.1 Å². The maximum atomic E-state index is 14.0. The summed E-state index contributed by atoms with van der Waals surface area (Å²) in [5.74, 6) is -0.441. The third-order valence-corrected chi connectivity index (χ3v) is 3.57. The number of anilines is 1. The minimum Gasteiger partial charge on any atom is -0.491 e. The molecule has 25 heavy (non-hydrogen) atoms. The van der Waals surface area contributed by atoms with Gasteiger partial charge in [-0.3, -0.25) is 4.79 Å². The van der Waals surface area contributed by atoms with Gasteiger partial charge in [0.05, 0.1) is 5.56 Å². The first kappa shape index (κ1) is 18.9. The van der Waals surface area contributed by atoms with Crippen LogP contribution in [0.2, 0.25) is 0 Å². The van der Waals surface area contributed by atoms with Crippen LogP contribution in [0.4, 0.5) is 10.1 Å². The molecule has 1 unspecified atom stereocenters. The van der Waals surface area contributed by atoms with E-state index >= 15 is 0 Å². The highest BCUT2D eigenvalue weighted by Crippen LogP contribution is 2.18. The summed E-state index contributed by atoms with van der Waals surface area (Å²) in [6.45, 7) is 2.30. The number of ether oxygens (including phenoxy) is 1. The van der Waals surface area contributed by atoms with Gasteiger partial charge in [0.2, 0.25) is 0 Å². The predicted octanol–water partition coefficient (Wildman–Crippen LogP) is 2.69. The van der Waals surface area contributed by atoms with E-state index in [2.05, 4.69) is 5.32 Å². The monoisotopic (exact) mass is 346 g/mol. The summed E-state index contributed by atoms with van der Waals surface area (Å²) >= 11 is 0. The Morgan fingerprint density at radius 2 is 1.92 bits per heavy atom. The number of nitrogens with zero attached hydrogens (tertiary/aromatic N) is 1. The number of carbonyl (C=O) groups excluding carboxylic acids is 1. The Morgan fingerprint density at radius 1 is 1.24 bits per heavy atom. The van der Waals surface area contributed by atoms with Crippen molar-refractivity contribution in [2.45, 2.75) is 13.0 Å². The molecule has 0 radical (unpaired) electrons. The first-order chi connectivity index (χ1) is 11.9. The molecule has 1 amide bonds. The molecule has 0 aliphatic rings. The molecule has 0 aliphatic carbocycles. The van der Waals surface area contributed by atoms with Gasteiger partial charge in [0.15, 0.2) is 0 Å². The Bertz CT molecular complexity index is 717. The van der Waals surface area contributed by atoms with Crippen LogP contribution in [0.1, 0.15) is 15.9 Å². The number of rotatable bonds is 7. The van der Waals surface area contributed by atoms with E-state index in [1.54, 1.807) is 43.3 Å². The van der Waals surface area contributed by atoms with Gasteiger partial charge in [0.25, 0.3) is 5.91 Å². The second kappa shape index (κ2) is 8.60. The largest absolute Gasteiger partial charge is 0.491 e. The molecule has 0 saturated heterocycles. The van der Waals surface area contributed by atoms with Crippen molar-refractivity contribution >= 4 is 11.6 Å².